The number of hydrogen-bond acceptors (Lipinski definition) is 1. The summed E-state index contributed by atoms with van der Waals surface area (Å²) in [6, 6.07) is 101. The van der Waals surface area contributed by atoms with Gasteiger partial charge in [0.15, 0.2) is 0 Å². The maximum absolute atomic E-state index is 2.40. The maximum Gasteiger partial charge on any atom is 0.0541 e. The minimum Gasteiger partial charge on any atom is -0.310 e. The second-order valence-corrected chi connectivity index (χ2v) is 17.3. The van der Waals surface area contributed by atoms with E-state index in [4.69, 9.17) is 0 Å². The number of nitrogens with zero attached hydrogens (tertiary/aromatic N) is 2. The zero-order chi connectivity index (χ0) is 45.2. The van der Waals surface area contributed by atoms with Gasteiger partial charge in [-0.3, -0.25) is 0 Å². The topological polar surface area (TPSA) is 8.17 Å². The molecular weight excluding hydrogens is 821 g/mol. The summed E-state index contributed by atoms with van der Waals surface area (Å²) in [5.74, 6) is 0. The molecule has 0 unspecified atom stereocenters. The van der Waals surface area contributed by atoms with Gasteiger partial charge in [-0.2, -0.15) is 0 Å². The molecule has 1 heterocycles. The van der Waals surface area contributed by atoms with E-state index in [1.54, 1.807) is 0 Å². The fourth-order valence-corrected chi connectivity index (χ4v) is 10.0. The van der Waals surface area contributed by atoms with Gasteiger partial charge in [-0.25, -0.2) is 0 Å². The minimum absolute atomic E-state index is 1.07. The molecule has 2 nitrogen and oxygen atoms in total. The van der Waals surface area contributed by atoms with Crippen LogP contribution in [0.25, 0.3) is 94.3 Å². The molecule has 0 saturated heterocycles. The third-order valence-corrected chi connectivity index (χ3v) is 13.2. The minimum atomic E-state index is 1.07. The van der Waals surface area contributed by atoms with Gasteiger partial charge in [-0.05, 0) is 121 Å². The summed E-state index contributed by atoms with van der Waals surface area (Å²) in [5, 5.41) is 2.49. The van der Waals surface area contributed by atoms with Crippen LogP contribution in [0.1, 0.15) is 0 Å². The highest BCUT2D eigenvalue weighted by atomic mass is 15.1. The smallest absolute Gasteiger partial charge is 0.0541 e. The van der Waals surface area contributed by atoms with Crippen molar-refractivity contribution in [3.63, 3.8) is 0 Å². The van der Waals surface area contributed by atoms with Gasteiger partial charge >= 0.3 is 0 Å². The predicted octanol–water partition coefficient (Wildman–Crippen LogP) is 18.3. The van der Waals surface area contributed by atoms with E-state index in [0.29, 0.717) is 0 Å². The molecule has 0 amide bonds. The van der Waals surface area contributed by atoms with Gasteiger partial charge in [0.05, 0.1) is 11.0 Å². The zero-order valence-electron chi connectivity index (χ0n) is 37.5. The molecule has 1 aromatic heterocycles. The molecule has 0 spiro atoms. The van der Waals surface area contributed by atoms with E-state index in [9.17, 15) is 0 Å². The molecule has 12 rings (SSSR count). The van der Waals surface area contributed by atoms with Crippen LogP contribution in [0.15, 0.2) is 279 Å². The van der Waals surface area contributed by atoms with Crippen LogP contribution in [-0.2, 0) is 0 Å². The highest BCUT2D eigenvalue weighted by Crippen LogP contribution is 2.45. The Bertz CT molecular complexity index is 3630. The second kappa shape index (κ2) is 17.8. The lowest BCUT2D eigenvalue weighted by Gasteiger charge is -2.27. The predicted molar refractivity (Wildman–Crippen MR) is 288 cm³/mol. The van der Waals surface area contributed by atoms with Gasteiger partial charge in [-0.1, -0.05) is 224 Å². The second-order valence-electron chi connectivity index (χ2n) is 17.3. The van der Waals surface area contributed by atoms with E-state index in [2.05, 4.69) is 289 Å². The molecule has 320 valence electrons. The zero-order valence-corrected chi connectivity index (χ0v) is 37.5. The van der Waals surface area contributed by atoms with Crippen molar-refractivity contribution in [1.82, 2.24) is 4.57 Å². The largest absolute Gasteiger partial charge is 0.310 e. The molecule has 0 saturated carbocycles. The van der Waals surface area contributed by atoms with E-state index in [1.807, 2.05) is 0 Å². The van der Waals surface area contributed by atoms with E-state index < -0.39 is 0 Å². The average molecular weight is 867 g/mol. The number of benzene rings is 11. The number of rotatable bonds is 10. The quantitative estimate of drug-likeness (QED) is 0.133. The van der Waals surface area contributed by atoms with E-state index in [0.717, 1.165) is 28.3 Å². The molecule has 12 aromatic rings. The Kier molecular flexibility index (Phi) is 10.6. The standard InChI is InChI=1S/C66H46N2/c1-4-18-47(19-5-1)48-34-36-49(37-35-48)50-38-42-54(43-39-50)67(56-24-16-25-57(46-56)68-64-32-14-12-27-61(64)62-28-13-15-33-65(62)68)55-44-40-53(41-45-55)60-31-17-30-59(52-22-8-3-9-23-52)66(60)63-29-11-10-26-58(63)51-20-6-2-7-21-51/h1-46H. The Balaban J connectivity index is 0.985. The summed E-state index contributed by atoms with van der Waals surface area (Å²) in [5.41, 5.74) is 21.0. The van der Waals surface area contributed by atoms with E-state index in [1.165, 1.54) is 83.0 Å². The van der Waals surface area contributed by atoms with E-state index in [-0.39, 0.29) is 0 Å². The third kappa shape index (κ3) is 7.54. The van der Waals surface area contributed by atoms with Crippen LogP contribution in [-0.4, -0.2) is 4.57 Å². The highest BCUT2D eigenvalue weighted by Gasteiger charge is 2.20. The van der Waals surface area contributed by atoms with Gasteiger partial charge in [0.1, 0.15) is 0 Å². The molecule has 0 radical (unpaired) electrons. The van der Waals surface area contributed by atoms with Gasteiger partial charge in [0, 0.05) is 33.5 Å². The number of hydrogen-bond donors (Lipinski definition) is 0. The lowest BCUT2D eigenvalue weighted by atomic mass is 9.84. The fraction of sp³-hybridized carbons (Fsp3) is 0. The summed E-state index contributed by atoms with van der Waals surface area (Å²) in [4.78, 5) is 2.38. The maximum atomic E-state index is 2.40. The molecule has 11 aromatic carbocycles. The fourth-order valence-electron chi connectivity index (χ4n) is 10.0. The van der Waals surface area contributed by atoms with Crippen molar-refractivity contribution in [2.24, 2.45) is 0 Å². The number of fused-ring (bicyclic) bond motifs is 3. The Hall–Kier alpha value is -8.98. The van der Waals surface area contributed by atoms with Crippen LogP contribution < -0.4 is 4.90 Å². The summed E-state index contributed by atoms with van der Waals surface area (Å²) in [6.45, 7) is 0. The summed E-state index contributed by atoms with van der Waals surface area (Å²) < 4.78 is 2.40. The van der Waals surface area contributed by atoms with Crippen LogP contribution in [0.2, 0.25) is 0 Å². The first-order valence-electron chi connectivity index (χ1n) is 23.3. The lowest BCUT2D eigenvalue weighted by molar-refractivity contribution is 1.17. The molecule has 2 heteroatoms. The van der Waals surface area contributed by atoms with E-state index >= 15 is 0 Å². The van der Waals surface area contributed by atoms with Crippen molar-refractivity contribution < 1.29 is 0 Å². The molecule has 0 N–H and O–H groups in total. The summed E-state index contributed by atoms with van der Waals surface area (Å²) in [7, 11) is 0. The SMILES string of the molecule is c1ccc(-c2ccc(-c3ccc(N(c4ccc(-c5cccc(-c6ccccc6)c5-c5ccccc5-c5ccccc5)cc4)c4cccc(-n5c6ccccc6c6ccccc65)c4)cc3)cc2)cc1. The molecule has 68 heavy (non-hydrogen) atoms. The van der Waals surface area contributed by atoms with Gasteiger partial charge in [0.25, 0.3) is 0 Å². The highest BCUT2D eigenvalue weighted by molar-refractivity contribution is 6.09. The monoisotopic (exact) mass is 866 g/mol. The van der Waals surface area contributed by atoms with Crippen LogP contribution in [0.3, 0.4) is 0 Å². The third-order valence-electron chi connectivity index (χ3n) is 13.2. The van der Waals surface area contributed by atoms with Crippen LogP contribution in [0.4, 0.5) is 17.1 Å². The first-order chi connectivity index (χ1) is 33.7. The molecule has 0 aliphatic carbocycles. The Morgan fingerprint density at radius 1 is 0.235 bits per heavy atom. The first-order valence-corrected chi connectivity index (χ1v) is 23.3. The van der Waals surface area contributed by atoms with Crippen LogP contribution >= 0.6 is 0 Å². The number of aromatic nitrogens is 1. The number of para-hydroxylation sites is 2. The number of anilines is 3. The first kappa shape index (κ1) is 40.5. The average Bonchev–Trinajstić information content (AvgIpc) is 3.76. The summed E-state index contributed by atoms with van der Waals surface area (Å²) in [6.07, 6.45) is 0. The summed E-state index contributed by atoms with van der Waals surface area (Å²) >= 11 is 0. The van der Waals surface area contributed by atoms with Gasteiger partial charge in [-0.15, -0.1) is 0 Å². The Morgan fingerprint density at radius 3 is 1.15 bits per heavy atom. The van der Waals surface area contributed by atoms with Gasteiger partial charge in [0.2, 0.25) is 0 Å². The molecule has 0 fully saturated rings. The van der Waals surface area contributed by atoms with Gasteiger partial charge < -0.3 is 9.47 Å². The van der Waals surface area contributed by atoms with Crippen molar-refractivity contribution in [2.75, 3.05) is 4.90 Å². The lowest BCUT2D eigenvalue weighted by Crippen LogP contribution is -2.10. The molecule has 0 bridgehead atoms. The Labute approximate surface area is 397 Å². The van der Waals surface area contributed by atoms with Crippen molar-refractivity contribution in [2.45, 2.75) is 0 Å². The van der Waals surface area contributed by atoms with Crippen molar-refractivity contribution in [3.05, 3.63) is 279 Å². The molecular formula is C66H46N2. The van der Waals surface area contributed by atoms with Crippen LogP contribution in [0, 0.1) is 0 Å². The van der Waals surface area contributed by atoms with Crippen molar-refractivity contribution in [3.8, 4) is 72.4 Å². The molecule has 0 atom stereocenters. The van der Waals surface area contributed by atoms with Crippen LogP contribution in [0.5, 0.6) is 0 Å². The molecule has 0 aliphatic rings. The molecule has 0 aliphatic heterocycles. The normalized spacial score (nSPS) is 11.2. The van der Waals surface area contributed by atoms with Crippen molar-refractivity contribution in [1.29, 1.82) is 0 Å². The van der Waals surface area contributed by atoms with Crippen molar-refractivity contribution >= 4 is 38.9 Å². The Morgan fingerprint density at radius 2 is 0.603 bits per heavy atom.